The Morgan fingerprint density at radius 3 is 2.70 bits per heavy atom. The van der Waals surface area contributed by atoms with E-state index in [2.05, 4.69) is 5.32 Å². The number of carbonyl (C=O) groups is 2. The van der Waals surface area contributed by atoms with Crippen LogP contribution in [0, 0.1) is 0 Å². The molecule has 6 nitrogen and oxygen atoms in total. The minimum Gasteiger partial charge on any atom is -0.496 e. The van der Waals surface area contributed by atoms with Crippen LogP contribution in [-0.2, 0) is 9.53 Å². The van der Waals surface area contributed by atoms with Crippen molar-refractivity contribution in [2.75, 3.05) is 19.4 Å². The highest BCUT2D eigenvalue weighted by Gasteiger charge is 2.22. The Morgan fingerprint density at radius 1 is 1.40 bits per heavy atom. The van der Waals surface area contributed by atoms with E-state index in [1.54, 1.807) is 18.2 Å². The van der Waals surface area contributed by atoms with Gasteiger partial charge in [0.15, 0.2) is 6.10 Å². The second-order valence-electron chi connectivity index (χ2n) is 4.26. The van der Waals surface area contributed by atoms with Gasteiger partial charge in [0.05, 0.1) is 7.11 Å². The van der Waals surface area contributed by atoms with Crippen LogP contribution in [0.3, 0.4) is 0 Å². The first-order valence-corrected chi connectivity index (χ1v) is 6.42. The van der Waals surface area contributed by atoms with E-state index in [0.29, 0.717) is 12.3 Å². The summed E-state index contributed by atoms with van der Waals surface area (Å²) in [5, 5.41) is 2.65. The number of hydrogen-bond acceptors (Lipinski definition) is 5. The molecule has 0 aliphatic heterocycles. The number of anilines is 1. The smallest absolute Gasteiger partial charge is 0.344 e. The van der Waals surface area contributed by atoms with Gasteiger partial charge in [-0.25, -0.2) is 4.79 Å². The van der Waals surface area contributed by atoms with Crippen LogP contribution in [0.2, 0.25) is 0 Å². The third-order valence-electron chi connectivity index (χ3n) is 2.68. The largest absolute Gasteiger partial charge is 0.496 e. The van der Waals surface area contributed by atoms with Crippen molar-refractivity contribution in [2.24, 2.45) is 0 Å². The topological polar surface area (TPSA) is 90.7 Å². The second-order valence-corrected chi connectivity index (χ2v) is 4.26. The Hall–Kier alpha value is -2.24. The Morgan fingerprint density at radius 2 is 2.10 bits per heavy atom. The summed E-state index contributed by atoms with van der Waals surface area (Å²) in [5.41, 5.74) is 6.12. The summed E-state index contributed by atoms with van der Waals surface area (Å²) in [6, 6.07) is 4.85. The zero-order valence-electron chi connectivity index (χ0n) is 11.9. The van der Waals surface area contributed by atoms with Crippen LogP contribution in [0.15, 0.2) is 18.2 Å². The zero-order chi connectivity index (χ0) is 15.1. The second kappa shape index (κ2) is 7.37. The molecule has 0 saturated carbocycles. The number of carbonyl (C=O) groups excluding carboxylic acids is 2. The predicted molar refractivity (Wildman–Crippen MR) is 75.6 cm³/mol. The molecule has 0 bridgehead atoms. The molecule has 0 spiro atoms. The zero-order valence-corrected chi connectivity index (χ0v) is 11.9. The highest BCUT2D eigenvalue weighted by Crippen LogP contribution is 2.25. The third kappa shape index (κ3) is 3.88. The van der Waals surface area contributed by atoms with Gasteiger partial charge in [-0.05, 0) is 25.5 Å². The quantitative estimate of drug-likeness (QED) is 0.606. The monoisotopic (exact) mass is 280 g/mol. The van der Waals surface area contributed by atoms with Crippen molar-refractivity contribution in [1.82, 2.24) is 5.32 Å². The van der Waals surface area contributed by atoms with Gasteiger partial charge in [-0.2, -0.15) is 0 Å². The van der Waals surface area contributed by atoms with Crippen molar-refractivity contribution in [1.29, 1.82) is 0 Å². The number of esters is 1. The third-order valence-corrected chi connectivity index (χ3v) is 2.68. The van der Waals surface area contributed by atoms with Crippen LogP contribution < -0.4 is 15.8 Å². The van der Waals surface area contributed by atoms with E-state index in [-0.39, 0.29) is 17.2 Å². The Balaban J connectivity index is 2.79. The molecule has 1 amide bonds. The van der Waals surface area contributed by atoms with Gasteiger partial charge in [0.1, 0.15) is 11.3 Å². The van der Waals surface area contributed by atoms with E-state index in [1.165, 1.54) is 14.0 Å². The summed E-state index contributed by atoms with van der Waals surface area (Å²) in [7, 11) is 1.43. The number of nitrogens with two attached hydrogens (primary N) is 1. The van der Waals surface area contributed by atoms with Crippen molar-refractivity contribution >= 4 is 17.6 Å². The molecule has 0 heterocycles. The van der Waals surface area contributed by atoms with Gasteiger partial charge in [-0.15, -0.1) is 0 Å². The van der Waals surface area contributed by atoms with Gasteiger partial charge in [0, 0.05) is 12.2 Å². The van der Waals surface area contributed by atoms with Crippen molar-refractivity contribution in [3.05, 3.63) is 23.8 Å². The summed E-state index contributed by atoms with van der Waals surface area (Å²) in [5.74, 6) is -0.705. The van der Waals surface area contributed by atoms with Gasteiger partial charge >= 0.3 is 5.97 Å². The minimum absolute atomic E-state index is 0.130. The molecule has 0 aromatic heterocycles. The number of hydrogen-bond donors (Lipinski definition) is 2. The molecule has 0 saturated heterocycles. The molecule has 0 fully saturated rings. The maximum absolute atomic E-state index is 12.1. The van der Waals surface area contributed by atoms with E-state index in [9.17, 15) is 9.59 Å². The SMILES string of the molecule is CCCNC(=O)C(C)OC(=O)c1c(N)cccc1OC. The van der Waals surface area contributed by atoms with E-state index in [0.717, 1.165) is 6.42 Å². The van der Waals surface area contributed by atoms with Crippen LogP contribution in [-0.4, -0.2) is 31.6 Å². The summed E-state index contributed by atoms with van der Waals surface area (Å²) in [6.07, 6.45) is -0.0790. The molecule has 0 radical (unpaired) electrons. The van der Waals surface area contributed by atoms with Gasteiger partial charge in [-0.3, -0.25) is 4.79 Å². The molecule has 1 aromatic carbocycles. The van der Waals surface area contributed by atoms with Gasteiger partial charge in [-0.1, -0.05) is 13.0 Å². The number of benzene rings is 1. The summed E-state index contributed by atoms with van der Waals surface area (Å²) in [4.78, 5) is 23.7. The highest BCUT2D eigenvalue weighted by atomic mass is 16.5. The summed E-state index contributed by atoms with van der Waals surface area (Å²) >= 11 is 0. The first kappa shape index (κ1) is 15.8. The normalized spacial score (nSPS) is 11.6. The molecule has 1 aromatic rings. The Labute approximate surface area is 118 Å². The number of rotatable bonds is 6. The van der Waals surface area contributed by atoms with Crippen LogP contribution in [0.5, 0.6) is 5.75 Å². The molecular formula is C14H20N2O4. The summed E-state index contributed by atoms with van der Waals surface area (Å²) < 4.78 is 10.2. The van der Waals surface area contributed by atoms with Crippen molar-refractivity contribution in [3.8, 4) is 5.75 Å². The average molecular weight is 280 g/mol. The lowest BCUT2D eigenvalue weighted by molar-refractivity contribution is -0.129. The molecule has 3 N–H and O–H groups in total. The fourth-order valence-electron chi connectivity index (χ4n) is 1.60. The fourth-order valence-corrected chi connectivity index (χ4v) is 1.60. The van der Waals surface area contributed by atoms with Gasteiger partial charge in [0.2, 0.25) is 0 Å². The number of ether oxygens (including phenoxy) is 2. The standard InChI is InChI=1S/C14H20N2O4/c1-4-8-16-13(17)9(2)20-14(18)12-10(15)6-5-7-11(12)19-3/h5-7,9H,4,8,15H2,1-3H3,(H,16,17). The predicted octanol–water partition coefficient (Wildman–Crippen LogP) is 1.35. The van der Waals surface area contributed by atoms with Crippen LogP contribution in [0.4, 0.5) is 5.69 Å². The maximum Gasteiger partial charge on any atom is 0.344 e. The first-order valence-electron chi connectivity index (χ1n) is 6.42. The van der Waals surface area contributed by atoms with Crippen molar-refractivity contribution in [2.45, 2.75) is 26.4 Å². The fraction of sp³-hybridized carbons (Fsp3) is 0.429. The maximum atomic E-state index is 12.1. The van der Waals surface area contributed by atoms with E-state index in [4.69, 9.17) is 15.2 Å². The van der Waals surface area contributed by atoms with Gasteiger partial charge < -0.3 is 20.5 Å². The van der Waals surface area contributed by atoms with Crippen molar-refractivity contribution in [3.63, 3.8) is 0 Å². The number of nitrogen functional groups attached to an aromatic ring is 1. The summed E-state index contributed by atoms with van der Waals surface area (Å²) in [6.45, 7) is 3.98. The number of nitrogens with one attached hydrogen (secondary N) is 1. The molecular weight excluding hydrogens is 260 g/mol. The van der Waals surface area contributed by atoms with Crippen LogP contribution >= 0.6 is 0 Å². The molecule has 0 aliphatic carbocycles. The van der Waals surface area contributed by atoms with E-state index in [1.807, 2.05) is 6.92 Å². The van der Waals surface area contributed by atoms with Gasteiger partial charge in [0.25, 0.3) is 5.91 Å². The van der Waals surface area contributed by atoms with Crippen LogP contribution in [0.1, 0.15) is 30.6 Å². The minimum atomic E-state index is -0.890. The molecule has 1 unspecified atom stereocenters. The van der Waals surface area contributed by atoms with Crippen LogP contribution in [0.25, 0.3) is 0 Å². The van der Waals surface area contributed by atoms with Crippen molar-refractivity contribution < 1.29 is 19.1 Å². The first-order chi connectivity index (χ1) is 9.51. The Kier molecular flexibility index (Phi) is 5.83. The molecule has 20 heavy (non-hydrogen) atoms. The molecule has 1 rings (SSSR count). The molecule has 0 aliphatic rings. The van der Waals surface area contributed by atoms with E-state index < -0.39 is 12.1 Å². The number of methoxy groups -OCH3 is 1. The average Bonchev–Trinajstić information content (AvgIpc) is 2.43. The van der Waals surface area contributed by atoms with E-state index >= 15 is 0 Å². The lowest BCUT2D eigenvalue weighted by Crippen LogP contribution is -2.36. The molecule has 1 atom stereocenters. The number of amides is 1. The highest BCUT2D eigenvalue weighted by molar-refractivity contribution is 5.99. The Bertz CT molecular complexity index is 488. The molecule has 6 heteroatoms. The molecule has 110 valence electrons. The lowest BCUT2D eigenvalue weighted by atomic mass is 10.1. The lowest BCUT2D eigenvalue weighted by Gasteiger charge is -2.15.